The Bertz CT molecular complexity index is 203. The van der Waals surface area contributed by atoms with Crippen molar-refractivity contribution < 1.29 is 4.74 Å². The molecule has 0 aromatic carbocycles. The maximum Gasteiger partial charge on any atom is 0.0593 e. The summed E-state index contributed by atoms with van der Waals surface area (Å²) in [6, 6.07) is 0. The van der Waals surface area contributed by atoms with E-state index in [2.05, 4.69) is 31.1 Å². The highest BCUT2D eigenvalue weighted by atomic mass is 16.5. The van der Waals surface area contributed by atoms with Crippen molar-refractivity contribution in [1.82, 2.24) is 10.2 Å². The summed E-state index contributed by atoms with van der Waals surface area (Å²) in [7, 11) is 2.24. The Labute approximate surface area is 113 Å². The molecule has 3 nitrogen and oxygen atoms in total. The molecule has 0 aromatic heterocycles. The van der Waals surface area contributed by atoms with Crippen LogP contribution in [-0.2, 0) is 4.74 Å². The van der Waals surface area contributed by atoms with Crippen molar-refractivity contribution in [2.24, 2.45) is 5.41 Å². The monoisotopic (exact) mass is 256 g/mol. The highest BCUT2D eigenvalue weighted by Gasteiger charge is 2.34. The van der Waals surface area contributed by atoms with Gasteiger partial charge < -0.3 is 15.0 Å². The van der Waals surface area contributed by atoms with Crippen molar-refractivity contribution in [3.05, 3.63) is 0 Å². The fourth-order valence-corrected chi connectivity index (χ4v) is 3.06. The lowest BCUT2D eigenvalue weighted by Gasteiger charge is -2.34. The normalized spacial score (nSPS) is 18.7. The number of hydrogen-bond donors (Lipinski definition) is 1. The minimum atomic E-state index is 0.524. The molecule has 108 valence electrons. The average molecular weight is 256 g/mol. The van der Waals surface area contributed by atoms with Crippen LogP contribution in [0.3, 0.4) is 0 Å². The largest absolute Gasteiger partial charge is 0.380 e. The summed E-state index contributed by atoms with van der Waals surface area (Å²) in [5, 5.41) is 3.63. The first-order valence-corrected chi connectivity index (χ1v) is 7.69. The van der Waals surface area contributed by atoms with Crippen LogP contribution < -0.4 is 5.32 Å². The molecule has 0 saturated heterocycles. The van der Waals surface area contributed by atoms with Crippen LogP contribution in [0.1, 0.15) is 46.0 Å². The van der Waals surface area contributed by atoms with Gasteiger partial charge in [0.05, 0.1) is 6.61 Å². The number of ether oxygens (including phenoxy) is 1. The second-order valence-electron chi connectivity index (χ2n) is 5.82. The van der Waals surface area contributed by atoms with Gasteiger partial charge in [-0.05, 0) is 45.2 Å². The minimum Gasteiger partial charge on any atom is -0.380 e. The summed E-state index contributed by atoms with van der Waals surface area (Å²) in [6.07, 6.45) is 6.84. The molecule has 1 rings (SSSR count). The molecule has 1 N–H and O–H groups in total. The maximum atomic E-state index is 5.44. The molecule has 1 saturated carbocycles. The number of hydrogen-bond acceptors (Lipinski definition) is 3. The highest BCUT2D eigenvalue weighted by molar-refractivity contribution is 4.88. The molecule has 1 aliphatic carbocycles. The molecule has 0 bridgehead atoms. The van der Waals surface area contributed by atoms with Gasteiger partial charge >= 0.3 is 0 Å². The van der Waals surface area contributed by atoms with Gasteiger partial charge in [-0.3, -0.25) is 0 Å². The Balaban J connectivity index is 2.31. The van der Waals surface area contributed by atoms with Crippen molar-refractivity contribution in [2.45, 2.75) is 46.0 Å². The van der Waals surface area contributed by atoms with Crippen LogP contribution in [0.4, 0.5) is 0 Å². The maximum absolute atomic E-state index is 5.44. The predicted molar refractivity (Wildman–Crippen MR) is 78.1 cm³/mol. The van der Waals surface area contributed by atoms with E-state index in [9.17, 15) is 0 Å². The summed E-state index contributed by atoms with van der Waals surface area (Å²) < 4.78 is 5.44. The molecule has 18 heavy (non-hydrogen) atoms. The summed E-state index contributed by atoms with van der Waals surface area (Å²) in [4.78, 5) is 2.45. The van der Waals surface area contributed by atoms with Gasteiger partial charge in [0.15, 0.2) is 0 Å². The van der Waals surface area contributed by atoms with Crippen LogP contribution in [0, 0.1) is 5.41 Å². The third-order valence-electron chi connectivity index (χ3n) is 4.02. The van der Waals surface area contributed by atoms with Crippen molar-refractivity contribution in [2.75, 3.05) is 46.4 Å². The summed E-state index contributed by atoms with van der Waals surface area (Å²) >= 11 is 0. The Kier molecular flexibility index (Phi) is 7.87. The first-order valence-electron chi connectivity index (χ1n) is 7.69. The van der Waals surface area contributed by atoms with E-state index in [1.165, 1.54) is 45.2 Å². The number of likely N-dealkylation sites (N-methyl/N-ethyl adjacent to an activating group) is 1. The predicted octanol–water partition coefficient (Wildman–Crippen LogP) is 2.51. The van der Waals surface area contributed by atoms with Crippen LogP contribution in [0.5, 0.6) is 0 Å². The molecule has 0 aromatic rings. The number of nitrogens with zero attached hydrogens (tertiary/aromatic N) is 1. The Morgan fingerprint density at radius 3 is 2.56 bits per heavy atom. The van der Waals surface area contributed by atoms with Crippen molar-refractivity contribution in [3.8, 4) is 0 Å². The van der Waals surface area contributed by atoms with Gasteiger partial charge in [0.25, 0.3) is 0 Å². The van der Waals surface area contributed by atoms with E-state index in [0.29, 0.717) is 5.41 Å². The zero-order valence-electron chi connectivity index (χ0n) is 12.6. The molecular formula is C15H32N2O. The summed E-state index contributed by atoms with van der Waals surface area (Å²) in [5.74, 6) is 0. The van der Waals surface area contributed by atoms with Crippen molar-refractivity contribution in [3.63, 3.8) is 0 Å². The topological polar surface area (TPSA) is 24.5 Å². The van der Waals surface area contributed by atoms with Crippen LogP contribution in [-0.4, -0.2) is 51.3 Å². The molecular weight excluding hydrogens is 224 g/mol. The lowest BCUT2D eigenvalue weighted by molar-refractivity contribution is 0.0999. The Morgan fingerprint density at radius 2 is 1.94 bits per heavy atom. The smallest absolute Gasteiger partial charge is 0.0593 e. The second kappa shape index (κ2) is 8.89. The van der Waals surface area contributed by atoms with E-state index < -0.39 is 0 Å². The Morgan fingerprint density at radius 1 is 1.22 bits per heavy atom. The number of nitrogens with one attached hydrogen (secondary N) is 1. The molecule has 0 atom stereocenters. The van der Waals surface area contributed by atoms with Gasteiger partial charge in [0.1, 0.15) is 0 Å². The van der Waals surface area contributed by atoms with E-state index in [-0.39, 0.29) is 0 Å². The van der Waals surface area contributed by atoms with Gasteiger partial charge in [-0.15, -0.1) is 0 Å². The van der Waals surface area contributed by atoms with Crippen LogP contribution in [0.2, 0.25) is 0 Å². The van der Waals surface area contributed by atoms with Gasteiger partial charge in [0.2, 0.25) is 0 Å². The molecule has 1 aliphatic rings. The molecule has 0 aliphatic heterocycles. The van der Waals surface area contributed by atoms with Crippen LogP contribution >= 0.6 is 0 Å². The van der Waals surface area contributed by atoms with E-state index in [1.54, 1.807) is 0 Å². The SMILES string of the molecule is CCCNCC1(CN(C)CCOCC)CCCC1. The molecule has 0 amide bonds. The van der Waals surface area contributed by atoms with Gasteiger partial charge in [-0.2, -0.15) is 0 Å². The molecule has 0 heterocycles. The lowest BCUT2D eigenvalue weighted by Crippen LogP contribution is -2.42. The van der Waals surface area contributed by atoms with Crippen molar-refractivity contribution >= 4 is 0 Å². The molecule has 0 spiro atoms. The van der Waals surface area contributed by atoms with E-state index >= 15 is 0 Å². The standard InChI is InChI=1S/C15H32N2O/c1-4-10-16-13-15(8-6-7-9-15)14-17(3)11-12-18-5-2/h16H,4-14H2,1-3H3. The third kappa shape index (κ3) is 5.68. The minimum absolute atomic E-state index is 0.524. The summed E-state index contributed by atoms with van der Waals surface area (Å²) in [6.45, 7) is 10.6. The van der Waals surface area contributed by atoms with Crippen LogP contribution in [0.25, 0.3) is 0 Å². The first kappa shape index (κ1) is 15.9. The zero-order valence-corrected chi connectivity index (χ0v) is 12.6. The molecule has 0 radical (unpaired) electrons. The van der Waals surface area contributed by atoms with Crippen molar-refractivity contribution in [1.29, 1.82) is 0 Å². The van der Waals surface area contributed by atoms with E-state index in [4.69, 9.17) is 4.74 Å². The Hall–Kier alpha value is -0.120. The quantitative estimate of drug-likeness (QED) is 0.608. The second-order valence-corrected chi connectivity index (χ2v) is 5.82. The molecule has 3 heteroatoms. The van der Waals surface area contributed by atoms with E-state index in [0.717, 1.165) is 26.3 Å². The highest BCUT2D eigenvalue weighted by Crippen LogP contribution is 2.38. The van der Waals surface area contributed by atoms with E-state index in [1.807, 2.05) is 0 Å². The average Bonchev–Trinajstić information content (AvgIpc) is 2.78. The molecule has 0 unspecified atom stereocenters. The zero-order chi connectivity index (χ0) is 13.3. The fraction of sp³-hybridized carbons (Fsp3) is 1.00. The van der Waals surface area contributed by atoms with Gasteiger partial charge in [0, 0.05) is 26.2 Å². The molecule has 1 fully saturated rings. The third-order valence-corrected chi connectivity index (χ3v) is 4.02. The number of rotatable bonds is 10. The van der Waals surface area contributed by atoms with Crippen LogP contribution in [0.15, 0.2) is 0 Å². The summed E-state index contributed by atoms with van der Waals surface area (Å²) in [5.41, 5.74) is 0.524. The first-order chi connectivity index (χ1) is 8.72. The van der Waals surface area contributed by atoms with Gasteiger partial charge in [-0.1, -0.05) is 19.8 Å². The van der Waals surface area contributed by atoms with Gasteiger partial charge in [-0.25, -0.2) is 0 Å². The lowest BCUT2D eigenvalue weighted by atomic mass is 9.85. The fourth-order valence-electron chi connectivity index (χ4n) is 3.06.